The van der Waals surface area contributed by atoms with Crippen LogP contribution in [0.3, 0.4) is 0 Å². The van der Waals surface area contributed by atoms with Gasteiger partial charge >= 0.3 is 0 Å². The second-order valence-electron chi connectivity index (χ2n) is 5.13. The molecule has 2 aromatic carbocycles. The number of nitrogen functional groups attached to an aromatic ring is 1. The normalized spacial score (nSPS) is 14.1. The molecule has 1 fully saturated rings. The van der Waals surface area contributed by atoms with Crippen molar-refractivity contribution in [1.82, 2.24) is 0 Å². The standard InChI is InChI=1S/C17H18NO2/c1-19-16-4-2-3-15(13-7-9-14(18)10-8-13)17(16)20-11-12-5-6-12/h2,4,7-10,12H,5-6,11,18H2,1H3. The number of rotatable bonds is 5. The molecule has 0 atom stereocenters. The van der Waals surface area contributed by atoms with Crippen LogP contribution in [0, 0.1) is 12.0 Å². The largest absolute Gasteiger partial charge is 0.493 e. The van der Waals surface area contributed by atoms with Gasteiger partial charge in [-0.05, 0) is 54.7 Å². The van der Waals surface area contributed by atoms with Crippen LogP contribution in [-0.2, 0) is 0 Å². The van der Waals surface area contributed by atoms with Crippen molar-refractivity contribution in [2.24, 2.45) is 5.92 Å². The van der Waals surface area contributed by atoms with Crippen molar-refractivity contribution in [3.63, 3.8) is 0 Å². The fourth-order valence-electron chi connectivity index (χ4n) is 2.12. The highest BCUT2D eigenvalue weighted by atomic mass is 16.5. The Kier molecular flexibility index (Phi) is 3.50. The van der Waals surface area contributed by atoms with Gasteiger partial charge in [-0.3, -0.25) is 0 Å². The van der Waals surface area contributed by atoms with Gasteiger partial charge in [-0.1, -0.05) is 12.1 Å². The average Bonchev–Trinajstić information content (AvgIpc) is 3.30. The summed E-state index contributed by atoms with van der Waals surface area (Å²) in [5.74, 6) is 2.21. The number of hydrogen-bond acceptors (Lipinski definition) is 3. The predicted octanol–water partition coefficient (Wildman–Crippen LogP) is 3.53. The van der Waals surface area contributed by atoms with Gasteiger partial charge in [0.1, 0.15) is 0 Å². The van der Waals surface area contributed by atoms with Crippen molar-refractivity contribution in [2.75, 3.05) is 19.5 Å². The number of nitrogens with two attached hydrogens (primary N) is 1. The Morgan fingerprint density at radius 2 is 1.95 bits per heavy atom. The maximum Gasteiger partial charge on any atom is 0.169 e. The van der Waals surface area contributed by atoms with Gasteiger partial charge in [0.2, 0.25) is 0 Å². The van der Waals surface area contributed by atoms with E-state index in [1.165, 1.54) is 12.8 Å². The molecule has 0 bridgehead atoms. The van der Waals surface area contributed by atoms with Crippen molar-refractivity contribution >= 4 is 5.69 Å². The molecule has 2 aromatic rings. The highest BCUT2D eigenvalue weighted by Gasteiger charge is 2.23. The first kappa shape index (κ1) is 12.9. The molecule has 0 saturated heterocycles. The summed E-state index contributed by atoms with van der Waals surface area (Å²) in [5, 5.41) is 0. The molecule has 0 aliphatic heterocycles. The minimum atomic E-state index is 0.694. The van der Waals surface area contributed by atoms with Crippen LogP contribution in [0.15, 0.2) is 36.4 Å². The Morgan fingerprint density at radius 1 is 1.20 bits per heavy atom. The Hall–Kier alpha value is -2.16. The summed E-state index contributed by atoms with van der Waals surface area (Å²) in [5.41, 5.74) is 8.44. The van der Waals surface area contributed by atoms with Gasteiger partial charge in [0, 0.05) is 11.3 Å². The van der Waals surface area contributed by atoms with Crippen LogP contribution in [0.5, 0.6) is 11.5 Å². The minimum Gasteiger partial charge on any atom is -0.493 e. The summed E-state index contributed by atoms with van der Waals surface area (Å²) in [7, 11) is 1.66. The zero-order valence-electron chi connectivity index (χ0n) is 11.6. The van der Waals surface area contributed by atoms with Crippen molar-refractivity contribution in [1.29, 1.82) is 0 Å². The lowest BCUT2D eigenvalue weighted by molar-refractivity contribution is 0.281. The Balaban J connectivity index is 1.96. The van der Waals surface area contributed by atoms with Crippen molar-refractivity contribution < 1.29 is 9.47 Å². The van der Waals surface area contributed by atoms with E-state index >= 15 is 0 Å². The van der Waals surface area contributed by atoms with E-state index in [4.69, 9.17) is 15.2 Å². The average molecular weight is 268 g/mol. The third kappa shape index (κ3) is 2.72. The summed E-state index contributed by atoms with van der Waals surface area (Å²) in [6.07, 6.45) is 2.52. The predicted molar refractivity (Wildman–Crippen MR) is 79.9 cm³/mol. The molecule has 0 heterocycles. The quantitative estimate of drug-likeness (QED) is 0.844. The molecule has 3 nitrogen and oxygen atoms in total. The molecule has 1 radical (unpaired) electrons. The molecular formula is C17H18NO2. The van der Waals surface area contributed by atoms with Crippen molar-refractivity contribution in [2.45, 2.75) is 12.8 Å². The first-order valence-electron chi connectivity index (χ1n) is 6.85. The maximum absolute atomic E-state index is 5.98. The van der Waals surface area contributed by atoms with E-state index in [1.54, 1.807) is 7.11 Å². The fraction of sp³-hybridized carbons (Fsp3) is 0.294. The number of methoxy groups -OCH3 is 1. The van der Waals surface area contributed by atoms with Crippen LogP contribution in [0.1, 0.15) is 12.8 Å². The molecule has 20 heavy (non-hydrogen) atoms. The molecule has 3 rings (SSSR count). The molecule has 103 valence electrons. The van der Waals surface area contributed by atoms with E-state index in [2.05, 4.69) is 6.07 Å². The van der Waals surface area contributed by atoms with E-state index in [-0.39, 0.29) is 0 Å². The third-order valence-corrected chi connectivity index (χ3v) is 3.49. The number of hydrogen-bond donors (Lipinski definition) is 1. The second kappa shape index (κ2) is 5.45. The second-order valence-corrected chi connectivity index (χ2v) is 5.13. The first-order chi connectivity index (χ1) is 9.78. The van der Waals surface area contributed by atoms with E-state index < -0.39 is 0 Å². The monoisotopic (exact) mass is 268 g/mol. The zero-order chi connectivity index (χ0) is 13.9. The Labute approximate surface area is 119 Å². The molecule has 0 spiro atoms. The molecular weight excluding hydrogens is 250 g/mol. The molecule has 0 unspecified atom stereocenters. The van der Waals surface area contributed by atoms with Crippen LogP contribution < -0.4 is 15.2 Å². The van der Waals surface area contributed by atoms with Crippen LogP contribution in [0.25, 0.3) is 11.1 Å². The van der Waals surface area contributed by atoms with Gasteiger partial charge < -0.3 is 15.2 Å². The van der Waals surface area contributed by atoms with E-state index in [9.17, 15) is 0 Å². The number of benzene rings is 2. The van der Waals surface area contributed by atoms with Gasteiger partial charge in [-0.2, -0.15) is 0 Å². The van der Waals surface area contributed by atoms with Crippen molar-refractivity contribution in [3.05, 3.63) is 42.5 Å². The van der Waals surface area contributed by atoms with Crippen molar-refractivity contribution in [3.8, 4) is 22.6 Å². The Bertz CT molecular complexity index is 588. The van der Waals surface area contributed by atoms with Gasteiger partial charge in [-0.25, -0.2) is 0 Å². The van der Waals surface area contributed by atoms with Gasteiger partial charge in [0.05, 0.1) is 13.7 Å². The molecule has 1 saturated carbocycles. The van der Waals surface area contributed by atoms with Gasteiger partial charge in [-0.15, -0.1) is 0 Å². The van der Waals surface area contributed by atoms with Crippen LogP contribution >= 0.6 is 0 Å². The van der Waals surface area contributed by atoms with Crippen LogP contribution in [0.4, 0.5) is 5.69 Å². The molecule has 0 amide bonds. The number of anilines is 1. The first-order valence-corrected chi connectivity index (χ1v) is 6.85. The summed E-state index contributed by atoms with van der Waals surface area (Å²) < 4.78 is 11.4. The topological polar surface area (TPSA) is 44.5 Å². The third-order valence-electron chi connectivity index (χ3n) is 3.49. The number of ether oxygens (including phenoxy) is 2. The minimum absolute atomic E-state index is 0.694. The zero-order valence-corrected chi connectivity index (χ0v) is 11.6. The summed E-state index contributed by atoms with van der Waals surface area (Å²) in [6.45, 7) is 0.746. The molecule has 3 heteroatoms. The van der Waals surface area contributed by atoms with E-state index in [0.29, 0.717) is 5.92 Å². The van der Waals surface area contributed by atoms with E-state index in [0.717, 1.165) is 34.9 Å². The van der Waals surface area contributed by atoms with Gasteiger partial charge in [0.15, 0.2) is 11.5 Å². The van der Waals surface area contributed by atoms with Gasteiger partial charge in [0.25, 0.3) is 0 Å². The molecule has 1 aliphatic rings. The lowest BCUT2D eigenvalue weighted by Crippen LogP contribution is -2.02. The SMILES string of the molecule is COc1cc[c]c(-c2ccc(N)cc2)c1OCC1CC1. The lowest BCUT2D eigenvalue weighted by Gasteiger charge is -2.15. The highest BCUT2D eigenvalue weighted by Crippen LogP contribution is 2.39. The summed E-state index contributed by atoms with van der Waals surface area (Å²) >= 11 is 0. The fourth-order valence-corrected chi connectivity index (χ4v) is 2.12. The molecule has 2 N–H and O–H groups in total. The van der Waals surface area contributed by atoms with Crippen LogP contribution in [-0.4, -0.2) is 13.7 Å². The Morgan fingerprint density at radius 3 is 2.60 bits per heavy atom. The summed E-state index contributed by atoms with van der Waals surface area (Å²) in [4.78, 5) is 0. The maximum atomic E-state index is 5.98. The smallest absolute Gasteiger partial charge is 0.169 e. The lowest BCUT2D eigenvalue weighted by atomic mass is 10.0. The van der Waals surface area contributed by atoms with E-state index in [1.807, 2.05) is 36.4 Å². The molecule has 0 aromatic heterocycles. The van der Waals surface area contributed by atoms with Crippen LogP contribution in [0.2, 0.25) is 0 Å². The summed E-state index contributed by atoms with van der Waals surface area (Å²) in [6, 6.07) is 14.7. The molecule has 1 aliphatic carbocycles. The highest BCUT2D eigenvalue weighted by molar-refractivity contribution is 5.74.